The molecule has 3 rings (SSSR count). The van der Waals surface area contributed by atoms with Gasteiger partial charge in [0, 0.05) is 11.9 Å². The molecule has 2 heterocycles. The number of rotatable bonds is 4. The van der Waals surface area contributed by atoms with Gasteiger partial charge in [0.1, 0.15) is 11.5 Å². The molecule has 0 bridgehead atoms. The Bertz CT molecular complexity index is 868. The van der Waals surface area contributed by atoms with Crippen LogP contribution in [0.2, 0.25) is 4.47 Å². The number of imidazole rings is 1. The third-order valence-corrected chi connectivity index (χ3v) is 5.11. The number of carbonyl (C=O) groups excluding carboxylic acids is 1. The number of nitrogens with one attached hydrogen (secondary N) is 1. The molecule has 0 saturated carbocycles. The number of para-hydroxylation sites is 2. The summed E-state index contributed by atoms with van der Waals surface area (Å²) in [5, 5.41) is 2.89. The molecule has 23 heavy (non-hydrogen) atoms. The van der Waals surface area contributed by atoms with Crippen LogP contribution in [-0.2, 0) is 13.6 Å². The minimum atomic E-state index is -0.219. The molecular formula is C16H17ClN4OS. The third kappa shape index (κ3) is 3.09. The molecule has 0 unspecified atom stereocenters. The molecule has 0 fully saturated rings. The molecule has 0 aliphatic heterocycles. The van der Waals surface area contributed by atoms with E-state index >= 15 is 0 Å². The number of benzene rings is 1. The molecule has 0 aliphatic rings. The average molecular weight is 349 g/mol. The fraction of sp³-hybridized carbons (Fsp3) is 0.312. The molecule has 3 aromatic rings. The van der Waals surface area contributed by atoms with Gasteiger partial charge in [0.2, 0.25) is 0 Å². The van der Waals surface area contributed by atoms with Gasteiger partial charge in [-0.1, -0.05) is 37.6 Å². The SMILES string of the molecule is CC(C)c1sc(Cl)nc1C(=O)NCc1nc2ccccc2n1C. The van der Waals surface area contributed by atoms with Gasteiger partial charge in [0.15, 0.2) is 4.47 Å². The maximum Gasteiger partial charge on any atom is 0.271 e. The lowest BCUT2D eigenvalue weighted by Gasteiger charge is -2.07. The number of aromatic nitrogens is 3. The second kappa shape index (κ2) is 6.29. The molecular weight excluding hydrogens is 332 g/mol. The number of thiazole rings is 1. The normalized spacial score (nSPS) is 11.3. The van der Waals surface area contributed by atoms with Gasteiger partial charge in [-0.15, -0.1) is 11.3 Å². The van der Waals surface area contributed by atoms with Crippen molar-refractivity contribution in [3.8, 4) is 0 Å². The first kappa shape index (κ1) is 16.0. The first-order chi connectivity index (χ1) is 11.0. The molecule has 1 amide bonds. The predicted molar refractivity (Wildman–Crippen MR) is 93.1 cm³/mol. The van der Waals surface area contributed by atoms with Crippen LogP contribution in [0.25, 0.3) is 11.0 Å². The second-order valence-corrected chi connectivity index (χ2v) is 7.21. The minimum Gasteiger partial charge on any atom is -0.343 e. The highest BCUT2D eigenvalue weighted by Gasteiger charge is 2.20. The van der Waals surface area contributed by atoms with Crippen molar-refractivity contribution in [1.29, 1.82) is 0 Å². The molecule has 5 nitrogen and oxygen atoms in total. The van der Waals surface area contributed by atoms with Crippen molar-refractivity contribution in [3.63, 3.8) is 0 Å². The summed E-state index contributed by atoms with van der Waals surface area (Å²) in [6.07, 6.45) is 0. The Morgan fingerprint density at radius 1 is 1.35 bits per heavy atom. The van der Waals surface area contributed by atoms with E-state index in [4.69, 9.17) is 11.6 Å². The summed E-state index contributed by atoms with van der Waals surface area (Å²) >= 11 is 7.31. The zero-order chi connectivity index (χ0) is 16.6. The van der Waals surface area contributed by atoms with E-state index in [-0.39, 0.29) is 11.8 Å². The highest BCUT2D eigenvalue weighted by Crippen LogP contribution is 2.29. The second-order valence-electron chi connectivity index (χ2n) is 5.59. The fourth-order valence-electron chi connectivity index (χ4n) is 2.46. The van der Waals surface area contributed by atoms with Crippen LogP contribution in [0.3, 0.4) is 0 Å². The lowest BCUT2D eigenvalue weighted by atomic mass is 10.1. The average Bonchev–Trinajstić information content (AvgIpc) is 3.06. The van der Waals surface area contributed by atoms with Crippen molar-refractivity contribution in [3.05, 3.63) is 45.1 Å². The van der Waals surface area contributed by atoms with Crippen molar-refractivity contribution < 1.29 is 4.79 Å². The minimum absolute atomic E-state index is 0.205. The Hall–Kier alpha value is -1.92. The summed E-state index contributed by atoms with van der Waals surface area (Å²) in [6, 6.07) is 7.88. The summed E-state index contributed by atoms with van der Waals surface area (Å²) in [4.78, 5) is 22.0. The van der Waals surface area contributed by atoms with E-state index in [2.05, 4.69) is 15.3 Å². The van der Waals surface area contributed by atoms with Gasteiger partial charge < -0.3 is 9.88 Å². The molecule has 0 saturated heterocycles. The number of aryl methyl sites for hydroxylation is 1. The van der Waals surface area contributed by atoms with Crippen LogP contribution in [0.5, 0.6) is 0 Å². The van der Waals surface area contributed by atoms with Crippen molar-refractivity contribution in [1.82, 2.24) is 19.9 Å². The largest absolute Gasteiger partial charge is 0.343 e. The van der Waals surface area contributed by atoms with Crippen molar-refractivity contribution in [2.24, 2.45) is 7.05 Å². The van der Waals surface area contributed by atoms with Gasteiger partial charge in [-0.2, -0.15) is 0 Å². The lowest BCUT2D eigenvalue weighted by Crippen LogP contribution is -2.25. The van der Waals surface area contributed by atoms with Gasteiger partial charge in [0.25, 0.3) is 5.91 Å². The van der Waals surface area contributed by atoms with Crippen LogP contribution in [0, 0.1) is 0 Å². The summed E-state index contributed by atoms with van der Waals surface area (Å²) in [5.74, 6) is 0.785. The molecule has 0 spiro atoms. The molecule has 0 aliphatic carbocycles. The van der Waals surface area contributed by atoms with E-state index in [9.17, 15) is 4.79 Å². The van der Waals surface area contributed by atoms with E-state index in [1.165, 1.54) is 11.3 Å². The van der Waals surface area contributed by atoms with Crippen molar-refractivity contribution >= 4 is 39.9 Å². The smallest absolute Gasteiger partial charge is 0.271 e. The Kier molecular flexibility index (Phi) is 4.37. The van der Waals surface area contributed by atoms with Crippen LogP contribution in [0.1, 0.15) is 41.0 Å². The summed E-state index contributed by atoms with van der Waals surface area (Å²) in [6.45, 7) is 4.38. The first-order valence-electron chi connectivity index (χ1n) is 7.32. The molecule has 7 heteroatoms. The molecule has 2 aromatic heterocycles. The summed E-state index contributed by atoms with van der Waals surface area (Å²) < 4.78 is 2.37. The number of nitrogens with zero attached hydrogens (tertiary/aromatic N) is 3. The van der Waals surface area contributed by atoms with Gasteiger partial charge in [-0.3, -0.25) is 4.79 Å². The third-order valence-electron chi connectivity index (χ3n) is 3.65. The van der Waals surface area contributed by atoms with Crippen molar-refractivity contribution in [2.75, 3.05) is 0 Å². The maximum atomic E-state index is 12.4. The topological polar surface area (TPSA) is 59.8 Å². The zero-order valence-corrected chi connectivity index (χ0v) is 14.7. The highest BCUT2D eigenvalue weighted by molar-refractivity contribution is 7.16. The molecule has 0 atom stereocenters. The van der Waals surface area contributed by atoms with Gasteiger partial charge in [-0.25, -0.2) is 9.97 Å². The number of amides is 1. The Balaban J connectivity index is 1.80. The number of fused-ring (bicyclic) bond motifs is 1. The van der Waals surface area contributed by atoms with Crippen LogP contribution in [0.4, 0.5) is 0 Å². The fourth-order valence-corrected chi connectivity index (χ4v) is 3.58. The summed E-state index contributed by atoms with van der Waals surface area (Å²) in [7, 11) is 1.94. The molecule has 1 aromatic carbocycles. The number of hydrogen-bond donors (Lipinski definition) is 1. The number of carbonyl (C=O) groups is 1. The number of hydrogen-bond acceptors (Lipinski definition) is 4. The quantitative estimate of drug-likeness (QED) is 0.781. The van der Waals surface area contributed by atoms with Crippen molar-refractivity contribution in [2.45, 2.75) is 26.3 Å². The summed E-state index contributed by atoms with van der Waals surface area (Å²) in [5.41, 5.74) is 2.36. The maximum absolute atomic E-state index is 12.4. The first-order valence-corrected chi connectivity index (χ1v) is 8.51. The molecule has 120 valence electrons. The standard InChI is InChI=1S/C16H17ClN4OS/c1-9(2)14-13(20-16(17)23-14)15(22)18-8-12-19-10-6-4-5-7-11(10)21(12)3/h4-7,9H,8H2,1-3H3,(H,18,22). The monoisotopic (exact) mass is 348 g/mol. The number of halogens is 1. The van der Waals surface area contributed by atoms with Crippen LogP contribution >= 0.6 is 22.9 Å². The Labute approximate surface area is 143 Å². The van der Waals surface area contributed by atoms with E-state index in [1.54, 1.807) is 0 Å². The molecule has 0 radical (unpaired) electrons. The molecule has 1 N–H and O–H groups in total. The predicted octanol–water partition coefficient (Wildman–Crippen LogP) is 3.74. The van der Waals surface area contributed by atoms with E-state index in [1.807, 2.05) is 49.7 Å². The van der Waals surface area contributed by atoms with E-state index in [0.29, 0.717) is 16.7 Å². The highest BCUT2D eigenvalue weighted by atomic mass is 35.5. The van der Waals surface area contributed by atoms with Gasteiger partial charge >= 0.3 is 0 Å². The zero-order valence-electron chi connectivity index (χ0n) is 13.1. The lowest BCUT2D eigenvalue weighted by molar-refractivity contribution is 0.0944. The Morgan fingerprint density at radius 3 is 2.78 bits per heavy atom. The van der Waals surface area contributed by atoms with Crippen LogP contribution in [0.15, 0.2) is 24.3 Å². The van der Waals surface area contributed by atoms with Crippen LogP contribution in [-0.4, -0.2) is 20.4 Å². The van der Waals surface area contributed by atoms with E-state index < -0.39 is 0 Å². The van der Waals surface area contributed by atoms with Gasteiger partial charge in [0.05, 0.1) is 17.6 Å². The Morgan fingerprint density at radius 2 is 2.09 bits per heavy atom. The van der Waals surface area contributed by atoms with Gasteiger partial charge in [-0.05, 0) is 18.1 Å². The van der Waals surface area contributed by atoms with E-state index in [0.717, 1.165) is 21.7 Å². The van der Waals surface area contributed by atoms with Crippen LogP contribution < -0.4 is 5.32 Å².